The number of rotatable bonds is 2. The van der Waals surface area contributed by atoms with Crippen molar-refractivity contribution >= 4 is 29.9 Å². The summed E-state index contributed by atoms with van der Waals surface area (Å²) in [6.45, 7) is 7.88. The summed E-state index contributed by atoms with van der Waals surface area (Å²) in [6.07, 6.45) is 0. The lowest BCUT2D eigenvalue weighted by atomic mass is 9.81. The van der Waals surface area contributed by atoms with Gasteiger partial charge in [0.25, 0.3) is 0 Å². The van der Waals surface area contributed by atoms with Crippen LogP contribution in [0.5, 0.6) is 0 Å². The van der Waals surface area contributed by atoms with E-state index in [4.69, 9.17) is 14.4 Å². The van der Waals surface area contributed by atoms with Crippen molar-refractivity contribution in [1.82, 2.24) is 0 Å². The Morgan fingerprint density at radius 1 is 1.29 bits per heavy atom. The third kappa shape index (κ3) is 2.12. The Hall–Kier alpha value is -0.845. The fourth-order valence-corrected chi connectivity index (χ4v) is 2.31. The van der Waals surface area contributed by atoms with Crippen LogP contribution < -0.4 is 5.46 Å². The molecule has 0 radical (unpaired) electrons. The number of carboxylic acid groups (broad SMARTS) is 1. The number of carbonyl (C=O) groups is 1. The van der Waals surface area contributed by atoms with Crippen LogP contribution in [0.25, 0.3) is 0 Å². The van der Waals surface area contributed by atoms with Crippen LogP contribution >= 0.6 is 11.3 Å². The van der Waals surface area contributed by atoms with Crippen LogP contribution in [-0.2, 0) is 9.31 Å². The summed E-state index contributed by atoms with van der Waals surface area (Å²) in [4.78, 5) is 11.1. The molecule has 2 heterocycles. The van der Waals surface area contributed by atoms with Crippen molar-refractivity contribution in [2.24, 2.45) is 0 Å². The van der Waals surface area contributed by atoms with E-state index in [-0.39, 0.29) is 0 Å². The fraction of sp³-hybridized carbons (Fsp3) is 0.545. The zero-order valence-corrected chi connectivity index (χ0v) is 11.1. The maximum absolute atomic E-state index is 10.8. The molecule has 0 bridgehead atoms. The first-order valence-electron chi connectivity index (χ1n) is 5.40. The van der Waals surface area contributed by atoms with E-state index in [1.54, 1.807) is 11.4 Å². The second-order valence-electron chi connectivity index (χ2n) is 5.14. The zero-order chi connectivity index (χ0) is 12.8. The van der Waals surface area contributed by atoms with Gasteiger partial charge in [0.1, 0.15) is 4.88 Å². The monoisotopic (exact) mass is 254 g/mol. The lowest BCUT2D eigenvalue weighted by Gasteiger charge is -2.32. The first-order chi connectivity index (χ1) is 7.73. The predicted octanol–water partition coefficient (Wildman–Crippen LogP) is 1.75. The minimum Gasteiger partial charge on any atom is -0.477 e. The highest BCUT2D eigenvalue weighted by molar-refractivity contribution is 7.13. The first kappa shape index (κ1) is 12.6. The van der Waals surface area contributed by atoms with Gasteiger partial charge in [0.2, 0.25) is 0 Å². The molecule has 1 N–H and O–H groups in total. The minimum absolute atomic E-state index is 0.301. The summed E-state index contributed by atoms with van der Waals surface area (Å²) >= 11 is 1.19. The highest BCUT2D eigenvalue weighted by Crippen LogP contribution is 2.36. The standard InChI is InChI=1S/C11H15BO4S/c1-10(2)11(3,4)16-12(15-10)7-5-8(9(13)14)17-6-7/h5-6H,1-4H3,(H,13,14). The quantitative estimate of drug-likeness (QED) is 0.817. The van der Waals surface area contributed by atoms with Crippen molar-refractivity contribution in [3.05, 3.63) is 16.3 Å². The molecule has 1 saturated heterocycles. The van der Waals surface area contributed by atoms with E-state index in [1.165, 1.54) is 11.3 Å². The van der Waals surface area contributed by atoms with Gasteiger partial charge < -0.3 is 14.4 Å². The van der Waals surface area contributed by atoms with Crippen molar-refractivity contribution in [2.75, 3.05) is 0 Å². The molecule has 1 aliphatic heterocycles. The molecule has 0 atom stereocenters. The van der Waals surface area contributed by atoms with E-state index in [0.717, 1.165) is 5.46 Å². The summed E-state index contributed by atoms with van der Waals surface area (Å²) in [5.74, 6) is -0.919. The van der Waals surface area contributed by atoms with Gasteiger partial charge in [-0.15, -0.1) is 11.3 Å². The van der Waals surface area contributed by atoms with E-state index >= 15 is 0 Å². The van der Waals surface area contributed by atoms with Crippen molar-refractivity contribution in [1.29, 1.82) is 0 Å². The summed E-state index contributed by atoms with van der Waals surface area (Å²) in [6, 6.07) is 1.61. The van der Waals surface area contributed by atoms with Crippen molar-refractivity contribution < 1.29 is 19.2 Å². The molecule has 17 heavy (non-hydrogen) atoms. The molecular weight excluding hydrogens is 239 g/mol. The van der Waals surface area contributed by atoms with Gasteiger partial charge in [-0.3, -0.25) is 0 Å². The van der Waals surface area contributed by atoms with E-state index in [2.05, 4.69) is 0 Å². The Bertz CT molecular complexity index is 436. The lowest BCUT2D eigenvalue weighted by molar-refractivity contribution is 0.00578. The Balaban J connectivity index is 2.23. The molecule has 1 aromatic rings. The van der Waals surface area contributed by atoms with E-state index in [0.29, 0.717) is 4.88 Å². The van der Waals surface area contributed by atoms with Crippen LogP contribution in [0, 0.1) is 0 Å². The van der Waals surface area contributed by atoms with Crippen molar-refractivity contribution in [3.8, 4) is 0 Å². The molecule has 1 aliphatic rings. The van der Waals surface area contributed by atoms with E-state index < -0.39 is 24.3 Å². The topological polar surface area (TPSA) is 55.8 Å². The molecule has 1 fully saturated rings. The van der Waals surface area contributed by atoms with E-state index in [9.17, 15) is 4.79 Å². The van der Waals surface area contributed by atoms with E-state index in [1.807, 2.05) is 27.7 Å². The average molecular weight is 254 g/mol. The van der Waals surface area contributed by atoms with Gasteiger partial charge in [0, 0.05) is 0 Å². The average Bonchev–Trinajstić information content (AvgIpc) is 2.70. The van der Waals surface area contributed by atoms with Gasteiger partial charge in [0.05, 0.1) is 11.2 Å². The number of carboxylic acids is 1. The molecule has 0 unspecified atom stereocenters. The smallest absolute Gasteiger partial charge is 0.477 e. The SMILES string of the molecule is CC1(C)OB(c2csc(C(=O)O)c2)OC1(C)C. The summed E-state index contributed by atoms with van der Waals surface area (Å²) in [5.41, 5.74) is -0.0301. The van der Waals surface area contributed by atoms with Gasteiger partial charge in [-0.2, -0.15) is 0 Å². The fourth-order valence-electron chi connectivity index (χ4n) is 1.57. The lowest BCUT2D eigenvalue weighted by Crippen LogP contribution is -2.41. The highest BCUT2D eigenvalue weighted by atomic mass is 32.1. The highest BCUT2D eigenvalue weighted by Gasteiger charge is 2.51. The number of hydrogen-bond donors (Lipinski definition) is 1. The first-order valence-corrected chi connectivity index (χ1v) is 6.28. The second kappa shape index (κ2) is 3.83. The normalized spacial score (nSPS) is 21.8. The van der Waals surface area contributed by atoms with Crippen molar-refractivity contribution in [3.63, 3.8) is 0 Å². The largest absolute Gasteiger partial charge is 0.495 e. The predicted molar refractivity (Wildman–Crippen MR) is 67.0 cm³/mol. The summed E-state index contributed by atoms with van der Waals surface area (Å²) in [5, 5.41) is 10.6. The van der Waals surface area contributed by atoms with Crippen LogP contribution in [0.4, 0.5) is 0 Å². The Labute approximate surface area is 105 Å². The number of thiophene rings is 1. The Kier molecular flexibility index (Phi) is 2.84. The molecular formula is C11H15BO4S. The third-order valence-electron chi connectivity index (χ3n) is 3.36. The van der Waals surface area contributed by atoms with Gasteiger partial charge in [-0.1, -0.05) is 0 Å². The van der Waals surface area contributed by atoms with Gasteiger partial charge >= 0.3 is 13.1 Å². The molecule has 6 heteroatoms. The third-order valence-corrected chi connectivity index (χ3v) is 4.29. The Morgan fingerprint density at radius 2 is 1.82 bits per heavy atom. The number of aromatic carboxylic acids is 1. The molecule has 4 nitrogen and oxygen atoms in total. The molecule has 0 saturated carbocycles. The molecule has 92 valence electrons. The van der Waals surface area contributed by atoms with Crippen LogP contribution in [0.15, 0.2) is 11.4 Å². The van der Waals surface area contributed by atoms with Gasteiger partial charge in [-0.25, -0.2) is 4.79 Å². The zero-order valence-electron chi connectivity index (χ0n) is 10.3. The minimum atomic E-state index is -0.919. The van der Waals surface area contributed by atoms with Crippen LogP contribution in [0.3, 0.4) is 0 Å². The molecule has 0 spiro atoms. The van der Waals surface area contributed by atoms with Crippen molar-refractivity contribution in [2.45, 2.75) is 38.9 Å². The van der Waals surface area contributed by atoms with Gasteiger partial charge in [0.15, 0.2) is 0 Å². The maximum atomic E-state index is 10.8. The summed E-state index contributed by atoms with van der Waals surface area (Å²) < 4.78 is 11.7. The van der Waals surface area contributed by atoms with Gasteiger partial charge in [-0.05, 0) is 44.6 Å². The summed E-state index contributed by atoms with van der Waals surface area (Å²) in [7, 11) is -0.482. The molecule has 2 rings (SSSR count). The van der Waals surface area contributed by atoms with Crippen LogP contribution in [0.1, 0.15) is 37.4 Å². The molecule has 0 aliphatic carbocycles. The molecule has 1 aromatic heterocycles. The maximum Gasteiger partial charge on any atom is 0.495 e. The molecule has 0 aromatic carbocycles. The Morgan fingerprint density at radius 3 is 2.24 bits per heavy atom. The second-order valence-corrected chi connectivity index (χ2v) is 6.05. The number of hydrogen-bond acceptors (Lipinski definition) is 4. The van der Waals surface area contributed by atoms with Crippen LogP contribution in [-0.4, -0.2) is 29.4 Å². The molecule has 0 amide bonds. The van der Waals surface area contributed by atoms with Crippen LogP contribution in [0.2, 0.25) is 0 Å².